The monoisotopic (exact) mass is 441 g/mol. The lowest BCUT2D eigenvalue weighted by Crippen LogP contribution is -2.41. The van der Waals surface area contributed by atoms with Crippen LogP contribution in [-0.4, -0.2) is 48.5 Å². The van der Waals surface area contributed by atoms with Gasteiger partial charge in [0.2, 0.25) is 6.29 Å². The second-order valence-corrected chi connectivity index (χ2v) is 8.78. The number of nitrogens with zero attached hydrogens (tertiary/aromatic N) is 1. The van der Waals surface area contributed by atoms with Gasteiger partial charge in [0.1, 0.15) is 5.58 Å². The topological polar surface area (TPSA) is 72.1 Å². The highest BCUT2D eigenvalue weighted by molar-refractivity contribution is 5.92. The lowest BCUT2D eigenvalue weighted by molar-refractivity contribution is -0.170. The Morgan fingerprint density at radius 2 is 1.91 bits per heavy atom. The number of fused-ring (bicyclic) bond motifs is 1. The molecule has 2 aliphatic heterocycles. The fourth-order valence-electron chi connectivity index (χ4n) is 4.98. The Bertz CT molecular complexity index is 912. The molecular formula is C26H35NO5. The first-order valence-electron chi connectivity index (χ1n) is 12.1. The summed E-state index contributed by atoms with van der Waals surface area (Å²) in [5.74, 6) is 0.214. The van der Waals surface area contributed by atoms with Crippen molar-refractivity contribution < 1.29 is 23.8 Å². The van der Waals surface area contributed by atoms with Crippen molar-refractivity contribution in [2.75, 3.05) is 26.3 Å². The van der Waals surface area contributed by atoms with Crippen molar-refractivity contribution >= 4 is 16.9 Å². The second-order valence-electron chi connectivity index (χ2n) is 8.78. The van der Waals surface area contributed by atoms with Gasteiger partial charge in [-0.05, 0) is 44.7 Å². The smallest absolute Gasteiger partial charge is 0.288 e. The van der Waals surface area contributed by atoms with Gasteiger partial charge in [0, 0.05) is 49.1 Å². The van der Waals surface area contributed by atoms with Crippen LogP contribution in [0.15, 0.2) is 46.8 Å². The van der Waals surface area contributed by atoms with E-state index >= 15 is 0 Å². The van der Waals surface area contributed by atoms with Crippen LogP contribution in [0, 0.1) is 5.92 Å². The summed E-state index contributed by atoms with van der Waals surface area (Å²) in [7, 11) is 0. The molecule has 0 saturated carbocycles. The molecule has 0 bridgehead atoms. The van der Waals surface area contributed by atoms with Crippen LogP contribution in [0.1, 0.15) is 63.4 Å². The first-order chi connectivity index (χ1) is 15.7. The minimum Gasteiger partial charge on any atom is -0.464 e. The predicted octanol–water partition coefficient (Wildman–Crippen LogP) is 4.97. The average molecular weight is 442 g/mol. The lowest BCUT2D eigenvalue weighted by Gasteiger charge is -2.38. The Balaban J connectivity index is 1.70. The van der Waals surface area contributed by atoms with Crippen molar-refractivity contribution in [3.63, 3.8) is 0 Å². The van der Waals surface area contributed by atoms with Gasteiger partial charge in [-0.3, -0.25) is 4.79 Å². The van der Waals surface area contributed by atoms with E-state index < -0.39 is 6.29 Å². The maximum absolute atomic E-state index is 13.5. The van der Waals surface area contributed by atoms with Gasteiger partial charge in [0.15, 0.2) is 5.76 Å². The van der Waals surface area contributed by atoms with Gasteiger partial charge in [-0.15, -0.1) is 0 Å². The van der Waals surface area contributed by atoms with Crippen molar-refractivity contribution in [3.05, 3.63) is 47.9 Å². The minimum atomic E-state index is -0.538. The van der Waals surface area contributed by atoms with E-state index in [1.807, 2.05) is 36.1 Å². The Labute approximate surface area is 190 Å². The molecule has 32 heavy (non-hydrogen) atoms. The molecular weight excluding hydrogens is 406 g/mol. The van der Waals surface area contributed by atoms with Crippen molar-refractivity contribution in [1.29, 1.82) is 0 Å². The number of para-hydroxylation sites is 1. The molecule has 1 fully saturated rings. The average Bonchev–Trinajstić information content (AvgIpc) is 3.21. The van der Waals surface area contributed by atoms with Crippen molar-refractivity contribution in [2.24, 2.45) is 5.92 Å². The number of carbonyl (C=O) groups is 1. The molecule has 3 heterocycles. The highest BCUT2D eigenvalue weighted by Gasteiger charge is 2.39. The van der Waals surface area contributed by atoms with E-state index in [1.54, 1.807) is 6.26 Å². The van der Waals surface area contributed by atoms with Crippen LogP contribution in [0.25, 0.3) is 11.0 Å². The summed E-state index contributed by atoms with van der Waals surface area (Å²) in [4.78, 5) is 15.4. The fourth-order valence-corrected chi connectivity index (χ4v) is 4.98. The molecule has 3 atom stereocenters. The number of likely N-dealkylation sites (tertiary alicyclic amines) is 1. The zero-order chi connectivity index (χ0) is 22.3. The first-order valence-corrected chi connectivity index (χ1v) is 12.1. The minimum absolute atomic E-state index is 0.0213. The second kappa shape index (κ2) is 11.0. The number of aliphatic hydroxyl groups excluding tert-OH is 1. The van der Waals surface area contributed by atoms with Crippen molar-refractivity contribution in [1.82, 2.24) is 4.90 Å². The normalized spacial score (nSPS) is 24.5. The molecule has 1 aromatic heterocycles. The van der Waals surface area contributed by atoms with Crippen LogP contribution in [0.2, 0.25) is 0 Å². The SMILES string of the molecule is CCO[C@@H]1OC(C(=O)N2CCCCCCC2)=C[C@H](c2coc3ccccc23)[C@@H]1CCCO. The van der Waals surface area contributed by atoms with E-state index in [0.717, 1.165) is 61.7 Å². The first kappa shape index (κ1) is 22.9. The van der Waals surface area contributed by atoms with Gasteiger partial charge >= 0.3 is 0 Å². The molecule has 0 aliphatic carbocycles. The highest BCUT2D eigenvalue weighted by atomic mass is 16.7. The number of amides is 1. The quantitative estimate of drug-likeness (QED) is 0.656. The Hall–Kier alpha value is -2.31. The van der Waals surface area contributed by atoms with Gasteiger partial charge < -0.3 is 23.9 Å². The molecule has 1 saturated heterocycles. The molecule has 2 aromatic rings. The summed E-state index contributed by atoms with van der Waals surface area (Å²) in [6, 6.07) is 7.96. The summed E-state index contributed by atoms with van der Waals surface area (Å²) in [5, 5.41) is 10.5. The predicted molar refractivity (Wildman–Crippen MR) is 123 cm³/mol. The molecule has 6 nitrogen and oxygen atoms in total. The van der Waals surface area contributed by atoms with E-state index in [4.69, 9.17) is 13.9 Å². The summed E-state index contributed by atoms with van der Waals surface area (Å²) >= 11 is 0. The number of hydrogen-bond acceptors (Lipinski definition) is 5. The summed E-state index contributed by atoms with van der Waals surface area (Å²) in [6.45, 7) is 4.08. The lowest BCUT2D eigenvalue weighted by atomic mass is 9.80. The van der Waals surface area contributed by atoms with Crippen molar-refractivity contribution in [2.45, 2.75) is 64.1 Å². The van der Waals surface area contributed by atoms with Crippen LogP contribution >= 0.6 is 0 Å². The number of benzene rings is 1. The largest absolute Gasteiger partial charge is 0.464 e. The number of hydrogen-bond donors (Lipinski definition) is 1. The molecule has 1 amide bonds. The van der Waals surface area contributed by atoms with Gasteiger partial charge in [-0.25, -0.2) is 0 Å². The summed E-state index contributed by atoms with van der Waals surface area (Å²) < 4.78 is 18.0. The van der Waals surface area contributed by atoms with E-state index in [9.17, 15) is 9.90 Å². The van der Waals surface area contributed by atoms with Crippen LogP contribution in [0.4, 0.5) is 0 Å². The molecule has 1 aromatic carbocycles. The zero-order valence-corrected chi connectivity index (χ0v) is 19.0. The van der Waals surface area contributed by atoms with E-state index in [2.05, 4.69) is 6.07 Å². The number of allylic oxidation sites excluding steroid dienone is 1. The number of ether oxygens (including phenoxy) is 2. The highest BCUT2D eigenvalue weighted by Crippen LogP contribution is 2.42. The molecule has 2 aliphatic rings. The Morgan fingerprint density at radius 1 is 1.16 bits per heavy atom. The molecule has 6 heteroatoms. The Morgan fingerprint density at radius 3 is 2.66 bits per heavy atom. The van der Waals surface area contributed by atoms with E-state index in [1.165, 1.54) is 6.42 Å². The maximum Gasteiger partial charge on any atom is 0.288 e. The summed E-state index contributed by atoms with van der Waals surface area (Å²) in [5.41, 5.74) is 1.86. The maximum atomic E-state index is 13.5. The number of carbonyl (C=O) groups excluding carboxylic acids is 1. The Kier molecular flexibility index (Phi) is 7.87. The molecule has 0 spiro atoms. The van der Waals surface area contributed by atoms with Gasteiger partial charge in [0.25, 0.3) is 5.91 Å². The number of rotatable bonds is 7. The van der Waals surface area contributed by atoms with Crippen LogP contribution in [0.3, 0.4) is 0 Å². The molecule has 1 N–H and O–H groups in total. The van der Waals surface area contributed by atoms with Gasteiger partial charge in [-0.1, -0.05) is 37.5 Å². The number of furan rings is 1. The van der Waals surface area contributed by atoms with Crippen LogP contribution in [0.5, 0.6) is 0 Å². The van der Waals surface area contributed by atoms with Gasteiger partial charge in [-0.2, -0.15) is 0 Å². The van der Waals surface area contributed by atoms with Crippen LogP contribution < -0.4 is 0 Å². The third-order valence-corrected chi connectivity index (χ3v) is 6.64. The number of aliphatic hydroxyl groups is 1. The van der Waals surface area contributed by atoms with Crippen LogP contribution in [-0.2, 0) is 14.3 Å². The molecule has 0 unspecified atom stereocenters. The molecule has 4 rings (SSSR count). The third kappa shape index (κ3) is 5.02. The summed E-state index contributed by atoms with van der Waals surface area (Å²) in [6.07, 6.45) is 10.2. The fraction of sp³-hybridized carbons (Fsp3) is 0.577. The molecule has 174 valence electrons. The zero-order valence-electron chi connectivity index (χ0n) is 19.0. The van der Waals surface area contributed by atoms with E-state index in [-0.39, 0.29) is 24.3 Å². The molecule has 0 radical (unpaired) electrons. The van der Waals surface area contributed by atoms with Crippen molar-refractivity contribution in [3.8, 4) is 0 Å². The van der Waals surface area contributed by atoms with E-state index in [0.29, 0.717) is 18.8 Å². The third-order valence-electron chi connectivity index (χ3n) is 6.64. The standard InChI is InChI=1S/C26H35NO5/c1-2-30-26-20(12-10-16-28)21(22-18-31-23-13-7-6-11-19(22)23)17-24(32-26)25(29)27-14-8-4-3-5-9-15-27/h6-7,11,13,17-18,20-21,26,28H,2-5,8-10,12,14-16H2,1H3/t20-,21-,26+/m0/s1. The van der Waals surface area contributed by atoms with Gasteiger partial charge in [0.05, 0.1) is 6.26 Å².